The molecule has 0 saturated carbocycles. The molecule has 1 saturated heterocycles. The SMILES string of the molecule is CC(=O)OC[C@@H]1O[C@H]1c1ccc([N+](=O)[O-])cc1. The van der Waals surface area contributed by atoms with Crippen LogP contribution in [0.4, 0.5) is 5.69 Å². The Bertz CT molecular complexity index is 442. The number of hydrogen-bond acceptors (Lipinski definition) is 5. The summed E-state index contributed by atoms with van der Waals surface area (Å²) in [6.45, 7) is 1.56. The Balaban J connectivity index is 1.92. The molecule has 0 amide bonds. The van der Waals surface area contributed by atoms with Gasteiger partial charge >= 0.3 is 5.97 Å². The third kappa shape index (κ3) is 2.79. The molecular formula is C11H11NO5. The number of carbonyl (C=O) groups excluding carboxylic acids is 1. The minimum absolute atomic E-state index is 0.0472. The molecule has 2 atom stereocenters. The van der Waals surface area contributed by atoms with E-state index in [1.165, 1.54) is 19.1 Å². The maximum absolute atomic E-state index is 10.6. The molecule has 1 aliphatic heterocycles. The van der Waals surface area contributed by atoms with E-state index in [0.717, 1.165) is 5.56 Å². The van der Waals surface area contributed by atoms with Crippen LogP contribution in [0.25, 0.3) is 0 Å². The van der Waals surface area contributed by atoms with Gasteiger partial charge in [-0.1, -0.05) is 0 Å². The summed E-state index contributed by atoms with van der Waals surface area (Å²) in [5.74, 6) is -0.344. The lowest BCUT2D eigenvalue weighted by Crippen LogP contribution is -2.06. The van der Waals surface area contributed by atoms with E-state index in [1.807, 2.05) is 0 Å². The van der Waals surface area contributed by atoms with Crippen molar-refractivity contribution in [3.05, 3.63) is 39.9 Å². The van der Waals surface area contributed by atoms with Crippen LogP contribution in [0.15, 0.2) is 24.3 Å². The number of hydrogen-bond donors (Lipinski definition) is 0. The normalized spacial score (nSPS) is 21.9. The van der Waals surface area contributed by atoms with Crippen molar-refractivity contribution in [2.45, 2.75) is 19.1 Å². The van der Waals surface area contributed by atoms with E-state index >= 15 is 0 Å². The van der Waals surface area contributed by atoms with E-state index in [9.17, 15) is 14.9 Å². The molecule has 1 fully saturated rings. The second kappa shape index (κ2) is 4.50. The summed E-state index contributed by atoms with van der Waals surface area (Å²) in [5, 5.41) is 10.5. The predicted molar refractivity (Wildman–Crippen MR) is 57.3 cm³/mol. The Labute approximate surface area is 97.3 Å². The molecule has 0 unspecified atom stereocenters. The predicted octanol–water partition coefficient (Wildman–Crippen LogP) is 1.60. The van der Waals surface area contributed by atoms with Crippen molar-refractivity contribution in [2.24, 2.45) is 0 Å². The largest absolute Gasteiger partial charge is 0.463 e. The Morgan fingerprint density at radius 1 is 1.47 bits per heavy atom. The summed E-state index contributed by atoms with van der Waals surface area (Å²) in [5.41, 5.74) is 0.902. The zero-order chi connectivity index (χ0) is 12.4. The maximum Gasteiger partial charge on any atom is 0.302 e. The molecule has 6 heteroatoms. The quantitative estimate of drug-likeness (QED) is 0.344. The number of esters is 1. The first-order chi connectivity index (χ1) is 8.08. The van der Waals surface area contributed by atoms with Crippen LogP contribution in [0.5, 0.6) is 0 Å². The summed E-state index contributed by atoms with van der Waals surface area (Å²) in [7, 11) is 0. The molecule has 6 nitrogen and oxygen atoms in total. The van der Waals surface area contributed by atoms with Crippen LogP contribution in [-0.4, -0.2) is 23.6 Å². The van der Waals surface area contributed by atoms with Crippen LogP contribution in [0.1, 0.15) is 18.6 Å². The highest BCUT2D eigenvalue weighted by molar-refractivity contribution is 5.65. The first-order valence-corrected chi connectivity index (χ1v) is 5.11. The van der Waals surface area contributed by atoms with Gasteiger partial charge in [-0.15, -0.1) is 0 Å². The van der Waals surface area contributed by atoms with Gasteiger partial charge in [0.2, 0.25) is 0 Å². The lowest BCUT2D eigenvalue weighted by molar-refractivity contribution is -0.384. The van der Waals surface area contributed by atoms with Crippen molar-refractivity contribution in [3.8, 4) is 0 Å². The molecule has 0 aliphatic carbocycles. The topological polar surface area (TPSA) is 82.0 Å². The number of rotatable bonds is 4. The fourth-order valence-electron chi connectivity index (χ4n) is 1.55. The third-order valence-corrected chi connectivity index (χ3v) is 2.47. The van der Waals surface area contributed by atoms with Crippen LogP contribution in [0, 0.1) is 10.1 Å². The Morgan fingerprint density at radius 3 is 2.65 bits per heavy atom. The fraction of sp³-hybridized carbons (Fsp3) is 0.364. The summed E-state index contributed by atoms with van der Waals surface area (Å²) in [4.78, 5) is 20.6. The van der Waals surface area contributed by atoms with Crippen molar-refractivity contribution in [1.82, 2.24) is 0 Å². The Kier molecular flexibility index (Phi) is 3.06. The smallest absolute Gasteiger partial charge is 0.302 e. The fourth-order valence-corrected chi connectivity index (χ4v) is 1.55. The molecule has 17 heavy (non-hydrogen) atoms. The van der Waals surface area contributed by atoms with Crippen LogP contribution in [-0.2, 0) is 14.3 Å². The summed E-state index contributed by atoms with van der Waals surface area (Å²) in [6.07, 6.45) is -0.268. The first kappa shape index (κ1) is 11.5. The summed E-state index contributed by atoms with van der Waals surface area (Å²) < 4.78 is 10.1. The number of epoxide rings is 1. The first-order valence-electron chi connectivity index (χ1n) is 5.11. The molecule has 1 heterocycles. The van der Waals surface area contributed by atoms with E-state index in [4.69, 9.17) is 9.47 Å². The van der Waals surface area contributed by atoms with Crippen LogP contribution in [0.2, 0.25) is 0 Å². The average molecular weight is 237 g/mol. The molecule has 0 radical (unpaired) electrons. The second-order valence-corrected chi connectivity index (χ2v) is 3.75. The number of carbonyl (C=O) groups is 1. The molecular weight excluding hydrogens is 226 g/mol. The van der Waals surface area contributed by atoms with Gasteiger partial charge in [0.15, 0.2) is 0 Å². The van der Waals surface area contributed by atoms with Crippen LogP contribution < -0.4 is 0 Å². The van der Waals surface area contributed by atoms with Gasteiger partial charge in [-0.05, 0) is 17.7 Å². The van der Waals surface area contributed by atoms with Gasteiger partial charge in [0.05, 0.1) is 4.92 Å². The van der Waals surface area contributed by atoms with E-state index in [2.05, 4.69) is 0 Å². The molecule has 1 aliphatic rings. The van der Waals surface area contributed by atoms with Crippen molar-refractivity contribution < 1.29 is 19.2 Å². The van der Waals surface area contributed by atoms with Crippen molar-refractivity contribution in [2.75, 3.05) is 6.61 Å². The second-order valence-electron chi connectivity index (χ2n) is 3.75. The zero-order valence-electron chi connectivity index (χ0n) is 9.16. The standard InChI is InChI=1S/C11H11NO5/c1-7(13)16-6-10-11(17-10)8-2-4-9(5-3-8)12(14)15/h2-5,10-11H,6H2,1H3/t10-,11-/m0/s1. The van der Waals surface area contributed by atoms with Gasteiger partial charge in [-0.2, -0.15) is 0 Å². The number of benzene rings is 1. The highest BCUT2D eigenvalue weighted by atomic mass is 16.6. The number of nitro benzene ring substituents is 1. The minimum atomic E-state index is -0.451. The highest BCUT2D eigenvalue weighted by Gasteiger charge is 2.41. The van der Waals surface area contributed by atoms with Crippen molar-refractivity contribution in [3.63, 3.8) is 0 Å². The van der Waals surface area contributed by atoms with Gasteiger partial charge in [-0.25, -0.2) is 0 Å². The highest BCUT2D eigenvalue weighted by Crippen LogP contribution is 2.39. The number of non-ortho nitro benzene ring substituents is 1. The van der Waals surface area contributed by atoms with Gasteiger partial charge in [0, 0.05) is 19.1 Å². The number of nitrogens with zero attached hydrogens (tertiary/aromatic N) is 1. The monoisotopic (exact) mass is 237 g/mol. The Morgan fingerprint density at radius 2 is 2.12 bits per heavy atom. The van der Waals surface area contributed by atoms with Gasteiger partial charge in [0.25, 0.3) is 5.69 Å². The molecule has 1 aromatic rings. The minimum Gasteiger partial charge on any atom is -0.463 e. The zero-order valence-corrected chi connectivity index (χ0v) is 9.16. The van der Waals surface area contributed by atoms with Gasteiger partial charge in [-0.3, -0.25) is 14.9 Å². The molecule has 90 valence electrons. The van der Waals surface area contributed by atoms with E-state index in [-0.39, 0.29) is 30.5 Å². The molecule has 0 bridgehead atoms. The summed E-state index contributed by atoms with van der Waals surface area (Å²) in [6, 6.07) is 6.16. The van der Waals surface area contributed by atoms with E-state index in [0.29, 0.717) is 0 Å². The molecule has 0 aromatic heterocycles. The number of ether oxygens (including phenoxy) is 2. The van der Waals surface area contributed by atoms with E-state index < -0.39 is 4.92 Å². The lowest BCUT2D eigenvalue weighted by atomic mass is 10.1. The number of nitro groups is 1. The molecule has 0 spiro atoms. The average Bonchev–Trinajstić information content (AvgIpc) is 3.06. The Hall–Kier alpha value is -1.95. The molecule has 2 rings (SSSR count). The third-order valence-electron chi connectivity index (χ3n) is 2.47. The molecule has 1 aromatic carbocycles. The maximum atomic E-state index is 10.6. The van der Waals surface area contributed by atoms with Gasteiger partial charge in [0.1, 0.15) is 18.8 Å². The van der Waals surface area contributed by atoms with Crippen molar-refractivity contribution in [1.29, 1.82) is 0 Å². The van der Waals surface area contributed by atoms with Crippen LogP contribution in [0.3, 0.4) is 0 Å². The molecule has 0 N–H and O–H groups in total. The van der Waals surface area contributed by atoms with E-state index in [1.54, 1.807) is 12.1 Å². The van der Waals surface area contributed by atoms with Crippen LogP contribution >= 0.6 is 0 Å². The van der Waals surface area contributed by atoms with Crippen molar-refractivity contribution >= 4 is 11.7 Å². The summed E-state index contributed by atoms with van der Waals surface area (Å²) >= 11 is 0. The lowest BCUT2D eigenvalue weighted by Gasteiger charge is -1.98. The van der Waals surface area contributed by atoms with Gasteiger partial charge < -0.3 is 9.47 Å².